The predicted octanol–water partition coefficient (Wildman–Crippen LogP) is 3.83. The smallest absolute Gasteiger partial charge is 0.190 e. The zero-order valence-electron chi connectivity index (χ0n) is 12.5. The zero-order chi connectivity index (χ0) is 16.7. The van der Waals surface area contributed by atoms with E-state index in [-0.39, 0.29) is 4.90 Å². The molecule has 0 fully saturated rings. The van der Waals surface area contributed by atoms with Gasteiger partial charge in [-0.2, -0.15) is 0 Å². The highest BCUT2D eigenvalue weighted by Gasteiger charge is 2.24. The first kappa shape index (κ1) is 17.2. The van der Waals surface area contributed by atoms with Gasteiger partial charge in [-0.1, -0.05) is 59.2 Å². The van der Waals surface area contributed by atoms with Crippen LogP contribution in [0.25, 0.3) is 6.08 Å². The van der Waals surface area contributed by atoms with Crippen LogP contribution in [0.1, 0.15) is 5.56 Å². The van der Waals surface area contributed by atoms with Crippen LogP contribution in [-0.4, -0.2) is 27.0 Å². The number of sulfone groups is 1. The molecule has 0 saturated heterocycles. The summed E-state index contributed by atoms with van der Waals surface area (Å²) in [5, 5.41) is 3.15. The van der Waals surface area contributed by atoms with Crippen molar-refractivity contribution in [2.24, 2.45) is 5.16 Å². The number of benzene rings is 2. The fourth-order valence-electron chi connectivity index (χ4n) is 1.91. The summed E-state index contributed by atoms with van der Waals surface area (Å²) in [4.78, 5) is 4.80. The number of hydrogen-bond acceptors (Lipinski definition) is 4. The molecular formula is C17H16ClNO3S. The van der Waals surface area contributed by atoms with Crippen LogP contribution < -0.4 is 0 Å². The van der Waals surface area contributed by atoms with Gasteiger partial charge in [0.15, 0.2) is 9.84 Å². The minimum Gasteiger partial charge on any atom is -0.399 e. The third kappa shape index (κ3) is 4.68. The Labute approximate surface area is 141 Å². The molecule has 0 saturated carbocycles. The molecule has 2 aromatic carbocycles. The van der Waals surface area contributed by atoms with Gasteiger partial charge in [-0.25, -0.2) is 8.42 Å². The molecule has 2 rings (SSSR count). The Morgan fingerprint density at radius 1 is 1.09 bits per heavy atom. The highest BCUT2D eigenvalue weighted by atomic mass is 35.5. The van der Waals surface area contributed by atoms with Gasteiger partial charge >= 0.3 is 0 Å². The molecule has 0 spiro atoms. The van der Waals surface area contributed by atoms with Crippen molar-refractivity contribution in [2.45, 2.75) is 10.1 Å². The average molecular weight is 350 g/mol. The van der Waals surface area contributed by atoms with Crippen molar-refractivity contribution < 1.29 is 13.3 Å². The second-order valence-corrected chi connectivity index (χ2v) is 7.21. The van der Waals surface area contributed by atoms with E-state index in [1.807, 2.05) is 30.3 Å². The van der Waals surface area contributed by atoms with Crippen LogP contribution in [0.3, 0.4) is 0 Å². The van der Waals surface area contributed by atoms with E-state index in [1.165, 1.54) is 25.5 Å². The van der Waals surface area contributed by atoms with Gasteiger partial charge in [-0.3, -0.25) is 0 Å². The van der Waals surface area contributed by atoms with Crippen LogP contribution in [0, 0.1) is 0 Å². The van der Waals surface area contributed by atoms with Crippen molar-refractivity contribution in [1.82, 2.24) is 0 Å². The second kappa shape index (κ2) is 7.94. The minimum absolute atomic E-state index is 0.173. The molecule has 0 radical (unpaired) electrons. The fourth-order valence-corrected chi connectivity index (χ4v) is 3.36. The van der Waals surface area contributed by atoms with E-state index in [1.54, 1.807) is 24.3 Å². The van der Waals surface area contributed by atoms with Gasteiger partial charge in [0.2, 0.25) is 0 Å². The largest absolute Gasteiger partial charge is 0.399 e. The van der Waals surface area contributed by atoms with Crippen LogP contribution in [0.2, 0.25) is 5.02 Å². The zero-order valence-corrected chi connectivity index (χ0v) is 14.0. The average Bonchev–Trinajstić information content (AvgIpc) is 2.56. The molecule has 0 N–H and O–H groups in total. The monoisotopic (exact) mass is 349 g/mol. The molecule has 4 nitrogen and oxygen atoms in total. The van der Waals surface area contributed by atoms with E-state index < -0.39 is 15.1 Å². The lowest BCUT2D eigenvalue weighted by Crippen LogP contribution is -2.21. The van der Waals surface area contributed by atoms with Crippen LogP contribution in [0.15, 0.2) is 70.7 Å². The summed E-state index contributed by atoms with van der Waals surface area (Å²) in [5.41, 5.74) is 0.898. The van der Waals surface area contributed by atoms with Crippen molar-refractivity contribution in [3.05, 3.63) is 71.3 Å². The summed E-state index contributed by atoms with van der Waals surface area (Å²) >= 11 is 5.81. The van der Waals surface area contributed by atoms with Gasteiger partial charge < -0.3 is 4.84 Å². The van der Waals surface area contributed by atoms with Crippen LogP contribution >= 0.6 is 11.6 Å². The number of oxime groups is 1. The van der Waals surface area contributed by atoms with E-state index in [0.29, 0.717) is 5.02 Å². The van der Waals surface area contributed by atoms with Crippen LogP contribution in [0.5, 0.6) is 0 Å². The maximum Gasteiger partial charge on any atom is 0.190 e. The van der Waals surface area contributed by atoms with E-state index in [4.69, 9.17) is 11.6 Å². The molecule has 23 heavy (non-hydrogen) atoms. The molecule has 2 aromatic rings. The van der Waals surface area contributed by atoms with Gasteiger partial charge in [-0.15, -0.1) is 0 Å². The predicted molar refractivity (Wildman–Crippen MR) is 93.4 cm³/mol. The normalized spacial score (nSPS) is 13.5. The maximum absolute atomic E-state index is 12.7. The molecule has 0 aliphatic heterocycles. The van der Waals surface area contributed by atoms with Gasteiger partial charge in [-0.05, 0) is 29.8 Å². The summed E-state index contributed by atoms with van der Waals surface area (Å²) in [6.07, 6.45) is 4.56. The molecule has 0 heterocycles. The third-order valence-electron chi connectivity index (χ3n) is 3.09. The molecule has 0 bridgehead atoms. The first-order valence-electron chi connectivity index (χ1n) is 6.83. The van der Waals surface area contributed by atoms with Gasteiger partial charge in [0.25, 0.3) is 0 Å². The molecule has 1 atom stereocenters. The van der Waals surface area contributed by atoms with Crippen LogP contribution in [0.4, 0.5) is 0 Å². The fraction of sp³-hybridized carbons (Fsp3) is 0.118. The van der Waals surface area contributed by atoms with Crippen molar-refractivity contribution in [2.75, 3.05) is 7.11 Å². The Hall–Kier alpha value is -2.11. The SMILES string of the molecule is CO/N=C\C(/C=C/c1ccccc1)S(=O)(=O)c1ccc(Cl)cc1. The summed E-state index contributed by atoms with van der Waals surface area (Å²) < 4.78 is 25.5. The summed E-state index contributed by atoms with van der Waals surface area (Å²) in [5.74, 6) is 0. The molecule has 0 aromatic heterocycles. The Balaban J connectivity index is 2.35. The van der Waals surface area contributed by atoms with Crippen molar-refractivity contribution in [1.29, 1.82) is 0 Å². The topological polar surface area (TPSA) is 55.7 Å². The first-order valence-corrected chi connectivity index (χ1v) is 8.76. The first-order chi connectivity index (χ1) is 11.0. The highest BCUT2D eigenvalue weighted by Crippen LogP contribution is 2.19. The lowest BCUT2D eigenvalue weighted by atomic mass is 10.2. The summed E-state index contributed by atoms with van der Waals surface area (Å²) in [7, 11) is -2.27. The van der Waals surface area contributed by atoms with Crippen molar-refractivity contribution in [3.8, 4) is 0 Å². The molecule has 0 aliphatic rings. The van der Waals surface area contributed by atoms with E-state index in [9.17, 15) is 8.42 Å². The van der Waals surface area contributed by atoms with E-state index >= 15 is 0 Å². The highest BCUT2D eigenvalue weighted by molar-refractivity contribution is 7.93. The van der Waals surface area contributed by atoms with Gasteiger partial charge in [0.1, 0.15) is 12.4 Å². The summed E-state index contributed by atoms with van der Waals surface area (Å²) in [6, 6.07) is 15.5. The molecule has 1 unspecified atom stereocenters. The second-order valence-electron chi connectivity index (χ2n) is 4.67. The standard InChI is InChI=1S/C17H16ClNO3S/c1-22-19-13-17(10-7-14-5-3-2-4-6-14)23(20,21)16-11-8-15(18)9-12-16/h2-13,17H,1H3/b10-7+,19-13-. The third-order valence-corrected chi connectivity index (χ3v) is 5.27. The lowest BCUT2D eigenvalue weighted by Gasteiger charge is -2.09. The molecule has 0 amide bonds. The van der Waals surface area contributed by atoms with E-state index in [2.05, 4.69) is 9.99 Å². The number of halogens is 1. The number of nitrogens with zero attached hydrogens (tertiary/aromatic N) is 1. The minimum atomic E-state index is -3.63. The maximum atomic E-state index is 12.7. The Morgan fingerprint density at radius 3 is 2.35 bits per heavy atom. The van der Waals surface area contributed by atoms with Gasteiger partial charge in [0, 0.05) is 5.02 Å². The number of rotatable bonds is 6. The van der Waals surface area contributed by atoms with Crippen molar-refractivity contribution >= 4 is 33.7 Å². The Bertz CT molecular complexity index is 784. The summed E-state index contributed by atoms with van der Waals surface area (Å²) in [6.45, 7) is 0. The van der Waals surface area contributed by atoms with Gasteiger partial charge in [0.05, 0.1) is 11.1 Å². The Kier molecular flexibility index (Phi) is 5.96. The number of hydrogen-bond donors (Lipinski definition) is 0. The molecule has 0 aliphatic carbocycles. The molecular weight excluding hydrogens is 334 g/mol. The lowest BCUT2D eigenvalue weighted by molar-refractivity contribution is 0.215. The molecule has 120 valence electrons. The van der Waals surface area contributed by atoms with Crippen molar-refractivity contribution in [3.63, 3.8) is 0 Å². The van der Waals surface area contributed by atoms with E-state index in [0.717, 1.165) is 5.56 Å². The quantitative estimate of drug-likeness (QED) is 0.588. The Morgan fingerprint density at radius 2 is 1.74 bits per heavy atom. The molecule has 6 heteroatoms. The van der Waals surface area contributed by atoms with Crippen LogP contribution in [-0.2, 0) is 14.7 Å².